The zero-order chi connectivity index (χ0) is 16.0. The molecule has 0 saturated carbocycles. The summed E-state index contributed by atoms with van der Waals surface area (Å²) in [5, 5.41) is 2.89. The van der Waals surface area contributed by atoms with Crippen molar-refractivity contribution in [1.82, 2.24) is 10.2 Å². The van der Waals surface area contributed by atoms with Crippen LogP contribution in [0.4, 0.5) is 0 Å². The van der Waals surface area contributed by atoms with Gasteiger partial charge in [-0.15, -0.1) is 0 Å². The fourth-order valence-corrected chi connectivity index (χ4v) is 2.66. The maximum Gasteiger partial charge on any atom is 0.246 e. The molecule has 2 amide bonds. The molecule has 122 valence electrons. The highest BCUT2D eigenvalue weighted by atomic mass is 16.5. The number of nitrogens with one attached hydrogen (secondary N) is 1. The second-order valence-electron chi connectivity index (χ2n) is 6.20. The fourth-order valence-electron chi connectivity index (χ4n) is 2.66. The molecule has 1 saturated heterocycles. The summed E-state index contributed by atoms with van der Waals surface area (Å²) in [6, 6.07) is -0.785. The van der Waals surface area contributed by atoms with E-state index >= 15 is 0 Å². The molecule has 0 aliphatic carbocycles. The van der Waals surface area contributed by atoms with E-state index in [1.54, 1.807) is 4.90 Å². The van der Waals surface area contributed by atoms with Gasteiger partial charge in [-0.05, 0) is 18.3 Å². The molecule has 1 aliphatic rings. The molecule has 0 spiro atoms. The third-order valence-electron chi connectivity index (χ3n) is 4.13. The Labute approximate surface area is 128 Å². The molecule has 1 aliphatic heterocycles. The highest BCUT2D eigenvalue weighted by Crippen LogP contribution is 2.22. The lowest BCUT2D eigenvalue weighted by Crippen LogP contribution is -2.66. The Balaban J connectivity index is 2.84. The first-order valence-corrected chi connectivity index (χ1v) is 8.12. The van der Waals surface area contributed by atoms with E-state index in [-0.39, 0.29) is 29.7 Å². The van der Waals surface area contributed by atoms with Crippen LogP contribution in [0.25, 0.3) is 0 Å². The summed E-state index contributed by atoms with van der Waals surface area (Å²) in [6.07, 6.45) is 1.82. The molecule has 0 aromatic rings. The number of hydrogen-bond donors (Lipinski definition) is 1. The monoisotopic (exact) mass is 298 g/mol. The van der Waals surface area contributed by atoms with Crippen molar-refractivity contribution in [2.75, 3.05) is 19.8 Å². The van der Waals surface area contributed by atoms with Crippen LogP contribution in [0.1, 0.15) is 47.5 Å². The van der Waals surface area contributed by atoms with Gasteiger partial charge >= 0.3 is 0 Å². The van der Waals surface area contributed by atoms with Gasteiger partial charge in [0.05, 0.1) is 6.61 Å². The number of carbonyl (C=O) groups excluding carboxylic acids is 2. The molecule has 5 heteroatoms. The third-order valence-corrected chi connectivity index (χ3v) is 4.13. The Morgan fingerprint density at radius 1 is 1.19 bits per heavy atom. The average Bonchev–Trinajstić information content (AvgIpc) is 2.45. The maximum atomic E-state index is 12.7. The SMILES string of the molecule is CCCOCCN1C(=O)C(C(C)C)NC(=O)C1C(C)CC. The lowest BCUT2D eigenvalue weighted by molar-refractivity contribution is -0.153. The minimum atomic E-state index is -0.413. The smallest absolute Gasteiger partial charge is 0.246 e. The number of ether oxygens (including phenoxy) is 1. The Bertz CT molecular complexity index is 357. The van der Waals surface area contributed by atoms with Gasteiger partial charge in [-0.25, -0.2) is 0 Å². The molecule has 0 radical (unpaired) electrons. The second kappa shape index (κ2) is 8.37. The molecule has 0 aromatic heterocycles. The van der Waals surface area contributed by atoms with Gasteiger partial charge < -0.3 is 15.0 Å². The predicted molar refractivity (Wildman–Crippen MR) is 82.8 cm³/mol. The molecule has 0 aromatic carbocycles. The van der Waals surface area contributed by atoms with Gasteiger partial charge in [0.1, 0.15) is 12.1 Å². The van der Waals surface area contributed by atoms with Crippen molar-refractivity contribution in [1.29, 1.82) is 0 Å². The molecular formula is C16H30N2O3. The topological polar surface area (TPSA) is 58.6 Å². The van der Waals surface area contributed by atoms with E-state index in [0.29, 0.717) is 19.8 Å². The summed E-state index contributed by atoms with van der Waals surface area (Å²) < 4.78 is 5.50. The van der Waals surface area contributed by atoms with Crippen molar-refractivity contribution in [3.63, 3.8) is 0 Å². The molecule has 0 bridgehead atoms. The first-order valence-electron chi connectivity index (χ1n) is 8.12. The van der Waals surface area contributed by atoms with Gasteiger partial charge in [-0.2, -0.15) is 0 Å². The lowest BCUT2D eigenvalue weighted by atomic mass is 9.90. The van der Waals surface area contributed by atoms with Crippen molar-refractivity contribution in [2.45, 2.75) is 59.5 Å². The van der Waals surface area contributed by atoms with Gasteiger partial charge in [-0.1, -0.05) is 41.0 Å². The van der Waals surface area contributed by atoms with E-state index in [0.717, 1.165) is 12.8 Å². The number of amides is 2. The molecule has 21 heavy (non-hydrogen) atoms. The van der Waals surface area contributed by atoms with E-state index in [2.05, 4.69) is 12.2 Å². The van der Waals surface area contributed by atoms with Gasteiger partial charge in [-0.3, -0.25) is 9.59 Å². The molecule has 3 atom stereocenters. The Hall–Kier alpha value is -1.10. The Kier molecular flexibility index (Phi) is 7.15. The number of carbonyl (C=O) groups is 2. The highest BCUT2D eigenvalue weighted by molar-refractivity contribution is 5.97. The largest absolute Gasteiger partial charge is 0.380 e. The first kappa shape index (κ1) is 18.0. The second-order valence-corrected chi connectivity index (χ2v) is 6.20. The maximum absolute atomic E-state index is 12.7. The van der Waals surface area contributed by atoms with E-state index in [9.17, 15) is 9.59 Å². The van der Waals surface area contributed by atoms with E-state index < -0.39 is 6.04 Å². The molecule has 5 nitrogen and oxygen atoms in total. The van der Waals surface area contributed by atoms with Crippen molar-refractivity contribution >= 4 is 11.8 Å². The summed E-state index contributed by atoms with van der Waals surface area (Å²) in [4.78, 5) is 26.8. The summed E-state index contributed by atoms with van der Waals surface area (Å²) in [5.41, 5.74) is 0. The highest BCUT2D eigenvalue weighted by Gasteiger charge is 2.43. The lowest BCUT2D eigenvalue weighted by Gasteiger charge is -2.42. The number of nitrogens with zero attached hydrogens (tertiary/aromatic N) is 1. The van der Waals surface area contributed by atoms with E-state index in [1.807, 2.05) is 27.7 Å². The van der Waals surface area contributed by atoms with Gasteiger partial charge in [0.2, 0.25) is 11.8 Å². The van der Waals surface area contributed by atoms with Gasteiger partial charge in [0.15, 0.2) is 0 Å². The third kappa shape index (κ3) is 4.43. The summed E-state index contributed by atoms with van der Waals surface area (Å²) >= 11 is 0. The quantitative estimate of drug-likeness (QED) is 0.695. The van der Waals surface area contributed by atoms with Crippen LogP contribution in [-0.2, 0) is 14.3 Å². The van der Waals surface area contributed by atoms with Crippen LogP contribution in [0.5, 0.6) is 0 Å². The number of piperazine rings is 1. The molecule has 1 heterocycles. The van der Waals surface area contributed by atoms with Crippen LogP contribution in [0, 0.1) is 11.8 Å². The Morgan fingerprint density at radius 2 is 1.86 bits per heavy atom. The molecule has 3 unspecified atom stereocenters. The Morgan fingerprint density at radius 3 is 2.38 bits per heavy atom. The number of hydrogen-bond acceptors (Lipinski definition) is 3. The van der Waals surface area contributed by atoms with Crippen LogP contribution < -0.4 is 5.32 Å². The molecule has 1 fully saturated rings. The molecule has 1 rings (SSSR count). The minimum absolute atomic E-state index is 0.0231. The minimum Gasteiger partial charge on any atom is -0.380 e. The van der Waals surface area contributed by atoms with E-state index in [1.165, 1.54) is 0 Å². The zero-order valence-electron chi connectivity index (χ0n) is 14.0. The standard InChI is InChI=1S/C16H30N2O3/c1-6-9-21-10-8-18-14(12(5)7-2)15(19)17-13(11(3)4)16(18)20/h11-14H,6-10H2,1-5H3,(H,17,19). The van der Waals surface area contributed by atoms with Crippen LogP contribution in [0.3, 0.4) is 0 Å². The fraction of sp³-hybridized carbons (Fsp3) is 0.875. The average molecular weight is 298 g/mol. The van der Waals surface area contributed by atoms with Crippen LogP contribution >= 0.6 is 0 Å². The molecule has 1 N–H and O–H groups in total. The number of rotatable bonds is 8. The van der Waals surface area contributed by atoms with Crippen molar-refractivity contribution in [3.8, 4) is 0 Å². The normalized spacial score (nSPS) is 24.4. The van der Waals surface area contributed by atoms with E-state index in [4.69, 9.17) is 4.74 Å². The summed E-state index contributed by atoms with van der Waals surface area (Å²) in [6.45, 7) is 11.7. The van der Waals surface area contributed by atoms with Crippen LogP contribution in [0.2, 0.25) is 0 Å². The first-order chi connectivity index (χ1) is 9.93. The van der Waals surface area contributed by atoms with Crippen molar-refractivity contribution in [3.05, 3.63) is 0 Å². The summed E-state index contributed by atoms with van der Waals surface area (Å²) in [7, 11) is 0. The summed E-state index contributed by atoms with van der Waals surface area (Å²) in [5.74, 6) is 0.236. The van der Waals surface area contributed by atoms with Gasteiger partial charge in [0, 0.05) is 13.2 Å². The van der Waals surface area contributed by atoms with Crippen molar-refractivity contribution in [2.24, 2.45) is 11.8 Å². The van der Waals surface area contributed by atoms with Crippen molar-refractivity contribution < 1.29 is 14.3 Å². The molecular weight excluding hydrogens is 268 g/mol. The predicted octanol–water partition coefficient (Wildman–Crippen LogP) is 1.81. The zero-order valence-corrected chi connectivity index (χ0v) is 14.0. The van der Waals surface area contributed by atoms with Crippen LogP contribution in [-0.4, -0.2) is 48.6 Å². The van der Waals surface area contributed by atoms with Gasteiger partial charge in [0.25, 0.3) is 0 Å². The van der Waals surface area contributed by atoms with Crippen LogP contribution in [0.15, 0.2) is 0 Å².